The lowest BCUT2D eigenvalue weighted by Crippen LogP contribution is -2.44. The van der Waals surface area contributed by atoms with Gasteiger partial charge in [-0.05, 0) is 17.7 Å². The molecular weight excluding hydrogens is 276 g/mol. The number of rotatable bonds is 5. The first-order chi connectivity index (χ1) is 10.0. The Morgan fingerprint density at radius 1 is 1.14 bits per heavy atom. The Hall–Kier alpha value is -1.67. The van der Waals surface area contributed by atoms with Crippen molar-refractivity contribution in [1.29, 1.82) is 0 Å². The summed E-state index contributed by atoms with van der Waals surface area (Å²) in [7, 11) is 0. The lowest BCUT2D eigenvalue weighted by molar-refractivity contribution is -0.120. The van der Waals surface area contributed by atoms with Crippen molar-refractivity contribution in [2.24, 2.45) is 0 Å². The van der Waals surface area contributed by atoms with Crippen LogP contribution in [-0.4, -0.2) is 63.8 Å². The third-order valence-corrected chi connectivity index (χ3v) is 3.62. The maximum absolute atomic E-state index is 11.8. The van der Waals surface area contributed by atoms with Crippen LogP contribution >= 0.6 is 0 Å². The van der Waals surface area contributed by atoms with Crippen molar-refractivity contribution in [3.05, 3.63) is 29.8 Å². The Kier molecular flexibility index (Phi) is 5.13. The second-order valence-corrected chi connectivity index (χ2v) is 5.19. The van der Waals surface area contributed by atoms with Crippen molar-refractivity contribution in [1.82, 2.24) is 10.6 Å². The minimum atomic E-state index is -1.05. The first-order valence-electron chi connectivity index (χ1n) is 6.79. The van der Waals surface area contributed by atoms with E-state index >= 15 is 0 Å². The molecule has 1 aromatic rings. The molecule has 1 aliphatic heterocycles. The normalized spacial score (nSPS) is 28.5. The fourth-order valence-corrected chi connectivity index (χ4v) is 2.37. The molecule has 0 aromatic heterocycles. The van der Waals surface area contributed by atoms with Crippen LogP contribution < -0.4 is 10.6 Å². The molecule has 0 saturated carbocycles. The predicted molar refractivity (Wildman–Crippen MR) is 74.6 cm³/mol. The molecule has 1 aliphatic rings. The summed E-state index contributed by atoms with van der Waals surface area (Å²) in [4.78, 5) is 11.8. The molecule has 7 heteroatoms. The highest BCUT2D eigenvalue weighted by Gasteiger charge is 2.40. The fraction of sp³-hybridized carbons (Fsp3) is 0.500. The van der Waals surface area contributed by atoms with Gasteiger partial charge in [0.1, 0.15) is 5.75 Å². The highest BCUT2D eigenvalue weighted by atomic mass is 16.3. The van der Waals surface area contributed by atoms with E-state index in [1.54, 1.807) is 12.1 Å². The average molecular weight is 296 g/mol. The number of carbonyl (C=O) groups is 1. The number of amides is 1. The average Bonchev–Trinajstić information content (AvgIpc) is 2.75. The first-order valence-corrected chi connectivity index (χ1v) is 6.79. The summed E-state index contributed by atoms with van der Waals surface area (Å²) < 4.78 is 0. The summed E-state index contributed by atoms with van der Waals surface area (Å²) >= 11 is 0. The molecule has 1 amide bonds. The van der Waals surface area contributed by atoms with Crippen LogP contribution in [0.1, 0.15) is 5.56 Å². The number of carbonyl (C=O) groups excluding carboxylic acids is 1. The van der Waals surface area contributed by atoms with Gasteiger partial charge >= 0.3 is 0 Å². The van der Waals surface area contributed by atoms with E-state index in [1.165, 1.54) is 12.1 Å². The molecule has 1 heterocycles. The SMILES string of the molecule is O=C(Cc1ccc(O)cc1)NC[C@H]1N[C@H](CO)[C@H](O)[C@@H]1O. The maximum atomic E-state index is 11.8. The van der Waals surface area contributed by atoms with Gasteiger partial charge in [-0.25, -0.2) is 0 Å². The first kappa shape index (κ1) is 15.7. The van der Waals surface area contributed by atoms with Gasteiger partial charge in [-0.15, -0.1) is 0 Å². The van der Waals surface area contributed by atoms with Crippen LogP contribution in [0.4, 0.5) is 0 Å². The van der Waals surface area contributed by atoms with Gasteiger partial charge in [-0.1, -0.05) is 12.1 Å². The van der Waals surface area contributed by atoms with Crippen LogP contribution in [0.25, 0.3) is 0 Å². The molecule has 0 aliphatic carbocycles. The van der Waals surface area contributed by atoms with E-state index in [4.69, 9.17) is 10.2 Å². The molecule has 0 radical (unpaired) electrons. The molecule has 1 saturated heterocycles. The Balaban J connectivity index is 1.80. The van der Waals surface area contributed by atoms with Gasteiger partial charge in [0.25, 0.3) is 0 Å². The van der Waals surface area contributed by atoms with Crippen molar-refractivity contribution in [3.63, 3.8) is 0 Å². The van der Waals surface area contributed by atoms with Crippen molar-refractivity contribution in [3.8, 4) is 5.75 Å². The topological polar surface area (TPSA) is 122 Å². The van der Waals surface area contributed by atoms with Gasteiger partial charge in [0.05, 0.1) is 37.3 Å². The zero-order valence-electron chi connectivity index (χ0n) is 11.4. The van der Waals surface area contributed by atoms with Crippen LogP contribution in [0.5, 0.6) is 5.75 Å². The summed E-state index contributed by atoms with van der Waals surface area (Å²) in [6, 6.07) is 5.24. The minimum absolute atomic E-state index is 0.140. The predicted octanol–water partition coefficient (Wildman–Crippen LogP) is -1.89. The standard InChI is InChI=1S/C14H20N2O5/c17-7-11-14(21)13(20)10(16-11)6-15-12(19)5-8-1-3-9(18)4-2-8/h1-4,10-11,13-14,16-18,20-21H,5-7H2,(H,15,19)/t10-,11-,13-,14+/m1/s1. The lowest BCUT2D eigenvalue weighted by Gasteiger charge is -2.16. The fourth-order valence-electron chi connectivity index (χ4n) is 2.37. The highest BCUT2D eigenvalue weighted by molar-refractivity contribution is 5.78. The van der Waals surface area contributed by atoms with Crippen molar-refractivity contribution < 1.29 is 25.2 Å². The summed E-state index contributed by atoms with van der Waals surface area (Å²) in [6.45, 7) is -0.123. The Labute approximate surface area is 122 Å². The Morgan fingerprint density at radius 2 is 1.76 bits per heavy atom. The van der Waals surface area contributed by atoms with Crippen molar-refractivity contribution >= 4 is 5.91 Å². The smallest absolute Gasteiger partial charge is 0.224 e. The van der Waals surface area contributed by atoms with Gasteiger partial charge in [0.15, 0.2) is 0 Å². The van der Waals surface area contributed by atoms with Gasteiger partial charge in [0.2, 0.25) is 5.91 Å². The second-order valence-electron chi connectivity index (χ2n) is 5.19. The molecule has 116 valence electrons. The molecule has 4 atom stereocenters. The molecule has 2 rings (SSSR count). The Morgan fingerprint density at radius 3 is 2.33 bits per heavy atom. The van der Waals surface area contributed by atoms with E-state index in [2.05, 4.69) is 10.6 Å². The molecule has 7 nitrogen and oxygen atoms in total. The zero-order chi connectivity index (χ0) is 15.4. The van der Waals surface area contributed by atoms with Crippen LogP contribution in [0.2, 0.25) is 0 Å². The monoisotopic (exact) mass is 296 g/mol. The number of aromatic hydroxyl groups is 1. The van der Waals surface area contributed by atoms with Crippen LogP contribution in [-0.2, 0) is 11.2 Å². The van der Waals surface area contributed by atoms with Crippen molar-refractivity contribution in [2.75, 3.05) is 13.2 Å². The summed E-state index contributed by atoms with van der Waals surface area (Å²) in [5.41, 5.74) is 0.762. The van der Waals surface area contributed by atoms with E-state index in [1.807, 2.05) is 0 Å². The van der Waals surface area contributed by atoms with Crippen LogP contribution in [0.3, 0.4) is 0 Å². The maximum Gasteiger partial charge on any atom is 0.224 e. The number of benzene rings is 1. The van der Waals surface area contributed by atoms with E-state index in [0.29, 0.717) is 0 Å². The lowest BCUT2D eigenvalue weighted by atomic mass is 10.1. The molecule has 1 aromatic carbocycles. The van der Waals surface area contributed by atoms with E-state index in [-0.39, 0.29) is 31.2 Å². The quantitative estimate of drug-likeness (QED) is 0.378. The van der Waals surface area contributed by atoms with Crippen LogP contribution in [0.15, 0.2) is 24.3 Å². The number of hydrogen-bond donors (Lipinski definition) is 6. The number of phenols is 1. The molecule has 6 N–H and O–H groups in total. The molecule has 21 heavy (non-hydrogen) atoms. The number of aliphatic hydroxyl groups excluding tert-OH is 3. The van der Waals surface area contributed by atoms with Crippen molar-refractivity contribution in [2.45, 2.75) is 30.7 Å². The molecular formula is C14H20N2O5. The highest BCUT2D eigenvalue weighted by Crippen LogP contribution is 2.14. The Bertz CT molecular complexity index is 479. The summed E-state index contributed by atoms with van der Waals surface area (Å²) in [5, 5.41) is 43.2. The third-order valence-electron chi connectivity index (χ3n) is 3.62. The largest absolute Gasteiger partial charge is 0.508 e. The number of hydrogen-bond acceptors (Lipinski definition) is 6. The van der Waals surface area contributed by atoms with E-state index < -0.39 is 24.3 Å². The van der Waals surface area contributed by atoms with E-state index in [9.17, 15) is 15.0 Å². The second kappa shape index (κ2) is 6.86. The molecule has 1 fully saturated rings. The zero-order valence-corrected chi connectivity index (χ0v) is 11.4. The molecule has 0 spiro atoms. The third kappa shape index (κ3) is 3.92. The van der Waals surface area contributed by atoms with Gasteiger partial charge in [-0.3, -0.25) is 4.79 Å². The summed E-state index contributed by atoms with van der Waals surface area (Å²) in [6.07, 6.45) is -1.92. The van der Waals surface area contributed by atoms with Gasteiger partial charge in [-0.2, -0.15) is 0 Å². The van der Waals surface area contributed by atoms with Crippen LogP contribution in [0, 0.1) is 0 Å². The number of aliphatic hydroxyl groups is 3. The van der Waals surface area contributed by atoms with E-state index in [0.717, 1.165) is 5.56 Å². The molecule has 0 unspecified atom stereocenters. The number of phenolic OH excluding ortho intramolecular Hbond substituents is 1. The molecule has 0 bridgehead atoms. The van der Waals surface area contributed by atoms with Gasteiger partial charge in [0, 0.05) is 6.54 Å². The van der Waals surface area contributed by atoms with Gasteiger partial charge < -0.3 is 31.1 Å². The minimum Gasteiger partial charge on any atom is -0.508 e. The number of nitrogens with one attached hydrogen (secondary N) is 2. The summed E-state index contributed by atoms with van der Waals surface area (Å²) in [5.74, 6) is -0.0851.